The number of imidazole rings is 1. The Kier molecular flexibility index (Phi) is 2.97. The Balaban J connectivity index is 2.69. The van der Waals surface area contributed by atoms with Gasteiger partial charge in [-0.25, -0.2) is 4.98 Å². The van der Waals surface area contributed by atoms with Crippen molar-refractivity contribution >= 4 is 11.0 Å². The predicted octanol–water partition coefficient (Wildman–Crippen LogP) is 2.52. The number of nitrogens with zero attached hydrogens (tertiary/aromatic N) is 2. The molecule has 0 amide bonds. The maximum absolute atomic E-state index is 5.74. The van der Waals surface area contributed by atoms with Gasteiger partial charge in [-0.2, -0.15) is 0 Å². The molecule has 0 spiro atoms. The van der Waals surface area contributed by atoms with Crippen LogP contribution in [0.3, 0.4) is 0 Å². The topological polar surface area (TPSA) is 43.8 Å². The molecule has 2 rings (SSSR count). The van der Waals surface area contributed by atoms with Gasteiger partial charge in [0.05, 0.1) is 17.6 Å². The Morgan fingerprint density at radius 3 is 2.56 bits per heavy atom. The van der Waals surface area contributed by atoms with E-state index in [1.54, 1.807) is 0 Å². The number of hydrogen-bond acceptors (Lipinski definition) is 2. The minimum absolute atomic E-state index is 0.507. The van der Waals surface area contributed by atoms with Crippen molar-refractivity contribution in [1.82, 2.24) is 9.55 Å². The van der Waals surface area contributed by atoms with Gasteiger partial charge in [-0.3, -0.25) is 0 Å². The summed E-state index contributed by atoms with van der Waals surface area (Å²) in [5, 5.41) is 0. The number of hydrogen-bond donors (Lipinski definition) is 1. The summed E-state index contributed by atoms with van der Waals surface area (Å²) in [6.45, 7) is 7.93. The van der Waals surface area contributed by atoms with Crippen LogP contribution in [0.25, 0.3) is 11.0 Å². The van der Waals surface area contributed by atoms with E-state index in [1.807, 2.05) is 0 Å². The number of aryl methyl sites for hydroxylation is 3. The number of fused-ring (bicyclic) bond motifs is 1. The molecule has 2 aromatic rings. The molecule has 0 unspecified atom stereocenters. The molecule has 3 heteroatoms. The van der Waals surface area contributed by atoms with Crippen molar-refractivity contribution in [2.24, 2.45) is 5.73 Å². The van der Waals surface area contributed by atoms with Gasteiger partial charge >= 0.3 is 0 Å². The van der Waals surface area contributed by atoms with E-state index in [1.165, 1.54) is 16.6 Å². The van der Waals surface area contributed by atoms with Crippen LogP contribution in [0.4, 0.5) is 0 Å². The molecule has 0 aliphatic rings. The van der Waals surface area contributed by atoms with Crippen LogP contribution >= 0.6 is 0 Å². The lowest BCUT2D eigenvalue weighted by Crippen LogP contribution is -2.08. The maximum atomic E-state index is 5.74. The van der Waals surface area contributed by atoms with E-state index in [9.17, 15) is 0 Å². The molecule has 1 aromatic carbocycles. The Morgan fingerprint density at radius 2 is 1.94 bits per heavy atom. The van der Waals surface area contributed by atoms with Crippen molar-refractivity contribution in [2.45, 2.75) is 40.3 Å². The van der Waals surface area contributed by atoms with Crippen LogP contribution in [0.15, 0.2) is 12.1 Å². The van der Waals surface area contributed by atoms with Gasteiger partial charge in [-0.05, 0) is 43.5 Å². The number of nitrogens with two attached hydrogens (primary N) is 1. The van der Waals surface area contributed by atoms with Gasteiger partial charge in [-0.15, -0.1) is 0 Å². The van der Waals surface area contributed by atoms with E-state index in [2.05, 4.69) is 42.5 Å². The molecule has 0 aliphatic heterocycles. The van der Waals surface area contributed by atoms with Crippen molar-refractivity contribution in [3.63, 3.8) is 0 Å². The van der Waals surface area contributed by atoms with Crippen LogP contribution in [0.5, 0.6) is 0 Å². The highest BCUT2D eigenvalue weighted by atomic mass is 15.1. The number of benzene rings is 1. The highest BCUT2D eigenvalue weighted by molar-refractivity contribution is 5.78. The Labute approximate surface area is 96.3 Å². The van der Waals surface area contributed by atoms with Crippen LogP contribution in [-0.4, -0.2) is 9.55 Å². The zero-order valence-corrected chi connectivity index (χ0v) is 10.2. The molecule has 1 aromatic heterocycles. The van der Waals surface area contributed by atoms with E-state index in [-0.39, 0.29) is 0 Å². The van der Waals surface area contributed by atoms with Gasteiger partial charge in [-0.1, -0.05) is 6.92 Å². The molecule has 0 saturated heterocycles. The molecule has 0 radical (unpaired) electrons. The van der Waals surface area contributed by atoms with Gasteiger partial charge in [0, 0.05) is 6.54 Å². The largest absolute Gasteiger partial charge is 0.327 e. The van der Waals surface area contributed by atoms with E-state index in [0.29, 0.717) is 6.54 Å². The lowest BCUT2D eigenvalue weighted by Gasteiger charge is -2.06. The average Bonchev–Trinajstić information content (AvgIpc) is 2.58. The second-order valence-electron chi connectivity index (χ2n) is 4.31. The third-order valence-corrected chi connectivity index (χ3v) is 3.07. The zero-order chi connectivity index (χ0) is 11.7. The van der Waals surface area contributed by atoms with Gasteiger partial charge in [0.15, 0.2) is 0 Å². The van der Waals surface area contributed by atoms with Crippen molar-refractivity contribution in [1.29, 1.82) is 0 Å². The van der Waals surface area contributed by atoms with Crippen molar-refractivity contribution in [3.05, 3.63) is 29.1 Å². The second-order valence-corrected chi connectivity index (χ2v) is 4.31. The summed E-state index contributed by atoms with van der Waals surface area (Å²) < 4.78 is 2.24. The van der Waals surface area contributed by atoms with E-state index >= 15 is 0 Å². The quantitative estimate of drug-likeness (QED) is 0.858. The Hall–Kier alpha value is -1.35. The minimum atomic E-state index is 0.507. The third kappa shape index (κ3) is 1.71. The summed E-state index contributed by atoms with van der Waals surface area (Å²) in [5.41, 5.74) is 10.6. The molecule has 1 heterocycles. The fourth-order valence-corrected chi connectivity index (χ4v) is 2.06. The standard InChI is InChI=1S/C13H19N3/c1-4-5-16-12-7-10(3)9(2)6-11(12)15-13(16)8-14/h6-7H,4-5,8,14H2,1-3H3. The van der Waals surface area contributed by atoms with Crippen molar-refractivity contribution in [3.8, 4) is 0 Å². The van der Waals surface area contributed by atoms with Crippen LogP contribution in [-0.2, 0) is 13.1 Å². The van der Waals surface area contributed by atoms with Crippen molar-refractivity contribution < 1.29 is 0 Å². The lowest BCUT2D eigenvalue weighted by molar-refractivity contribution is 0.655. The monoisotopic (exact) mass is 217 g/mol. The summed E-state index contributed by atoms with van der Waals surface area (Å²) in [6.07, 6.45) is 1.10. The van der Waals surface area contributed by atoms with Gasteiger partial charge in [0.25, 0.3) is 0 Å². The minimum Gasteiger partial charge on any atom is -0.327 e. The first-order valence-corrected chi connectivity index (χ1v) is 5.83. The summed E-state index contributed by atoms with van der Waals surface area (Å²) >= 11 is 0. The molecular formula is C13H19N3. The molecule has 16 heavy (non-hydrogen) atoms. The summed E-state index contributed by atoms with van der Waals surface area (Å²) in [6, 6.07) is 4.36. The summed E-state index contributed by atoms with van der Waals surface area (Å²) in [5.74, 6) is 0.988. The zero-order valence-electron chi connectivity index (χ0n) is 10.2. The smallest absolute Gasteiger partial charge is 0.123 e. The van der Waals surface area contributed by atoms with E-state index < -0.39 is 0 Å². The van der Waals surface area contributed by atoms with E-state index in [4.69, 9.17) is 5.73 Å². The summed E-state index contributed by atoms with van der Waals surface area (Å²) in [4.78, 5) is 4.59. The fraction of sp³-hybridized carbons (Fsp3) is 0.462. The van der Waals surface area contributed by atoms with Crippen LogP contribution in [0, 0.1) is 13.8 Å². The van der Waals surface area contributed by atoms with Gasteiger partial charge in [0.1, 0.15) is 5.82 Å². The first-order chi connectivity index (χ1) is 7.67. The maximum Gasteiger partial charge on any atom is 0.123 e. The average molecular weight is 217 g/mol. The normalized spacial score (nSPS) is 11.2. The number of aromatic nitrogens is 2. The Bertz CT molecular complexity index is 511. The fourth-order valence-electron chi connectivity index (χ4n) is 2.06. The molecular weight excluding hydrogens is 198 g/mol. The third-order valence-electron chi connectivity index (χ3n) is 3.07. The lowest BCUT2D eigenvalue weighted by atomic mass is 10.1. The molecule has 0 atom stereocenters. The van der Waals surface area contributed by atoms with Crippen LogP contribution in [0.1, 0.15) is 30.3 Å². The highest BCUT2D eigenvalue weighted by Crippen LogP contribution is 2.21. The SMILES string of the molecule is CCCn1c(CN)nc2cc(C)c(C)cc21. The molecule has 0 saturated carbocycles. The molecule has 3 nitrogen and oxygen atoms in total. The number of rotatable bonds is 3. The molecule has 0 fully saturated rings. The molecule has 0 bridgehead atoms. The van der Waals surface area contributed by atoms with Gasteiger partial charge in [0.2, 0.25) is 0 Å². The van der Waals surface area contributed by atoms with E-state index in [0.717, 1.165) is 24.3 Å². The van der Waals surface area contributed by atoms with Gasteiger partial charge < -0.3 is 10.3 Å². The molecule has 86 valence electrons. The first-order valence-electron chi connectivity index (χ1n) is 5.83. The van der Waals surface area contributed by atoms with Crippen LogP contribution < -0.4 is 5.73 Å². The van der Waals surface area contributed by atoms with Crippen molar-refractivity contribution in [2.75, 3.05) is 0 Å². The van der Waals surface area contributed by atoms with Crippen LogP contribution in [0.2, 0.25) is 0 Å². The first kappa shape index (κ1) is 11.1. The Morgan fingerprint density at radius 1 is 1.25 bits per heavy atom. The predicted molar refractivity (Wildman–Crippen MR) is 67.4 cm³/mol. The molecule has 2 N–H and O–H groups in total. The second kappa shape index (κ2) is 4.26. The molecule has 0 aliphatic carbocycles. The highest BCUT2D eigenvalue weighted by Gasteiger charge is 2.09. The summed E-state index contributed by atoms with van der Waals surface area (Å²) in [7, 11) is 0.